The van der Waals surface area contributed by atoms with Gasteiger partial charge in [-0.1, -0.05) is 0 Å². The van der Waals surface area contributed by atoms with Gasteiger partial charge in [0.05, 0.1) is 12.8 Å². The molecule has 2 heterocycles. The molecule has 3 N–H and O–H groups in total. The highest BCUT2D eigenvalue weighted by Crippen LogP contribution is 2.34. The number of hydrogen-bond donors (Lipinski definition) is 2. The van der Waals surface area contributed by atoms with Crippen LogP contribution in [0.5, 0.6) is 5.88 Å². The van der Waals surface area contributed by atoms with Crippen molar-refractivity contribution < 1.29 is 9.53 Å². The van der Waals surface area contributed by atoms with Gasteiger partial charge in [0.25, 0.3) is 0 Å². The van der Waals surface area contributed by atoms with Crippen molar-refractivity contribution in [1.29, 1.82) is 5.26 Å². The Morgan fingerprint density at radius 2 is 2.31 bits per heavy atom. The summed E-state index contributed by atoms with van der Waals surface area (Å²) in [6.45, 7) is 0. The molecule has 1 aromatic rings. The molecule has 1 aromatic heterocycles. The van der Waals surface area contributed by atoms with Gasteiger partial charge < -0.3 is 15.8 Å². The summed E-state index contributed by atoms with van der Waals surface area (Å²) >= 11 is 0. The molecule has 0 spiro atoms. The molecule has 0 bridgehead atoms. The monoisotopic (exact) mass is 218 g/mol. The van der Waals surface area contributed by atoms with Gasteiger partial charge in [-0.2, -0.15) is 10.2 Å². The molecule has 0 fully saturated rings. The van der Waals surface area contributed by atoms with Crippen LogP contribution in [0.3, 0.4) is 0 Å². The first-order valence-electron chi connectivity index (χ1n) is 4.73. The Bertz CT molecular complexity index is 505. The average Bonchev–Trinajstić information content (AvgIpc) is 2.28. The van der Waals surface area contributed by atoms with Crippen LogP contribution in [-0.4, -0.2) is 18.0 Å². The number of nitriles is 1. The third-order valence-electron chi connectivity index (χ3n) is 2.47. The molecule has 0 radical (unpaired) electrons. The third-order valence-corrected chi connectivity index (χ3v) is 2.47. The van der Waals surface area contributed by atoms with E-state index in [0.717, 1.165) is 0 Å². The molecule has 1 aliphatic rings. The van der Waals surface area contributed by atoms with Gasteiger partial charge >= 0.3 is 0 Å². The van der Waals surface area contributed by atoms with Crippen molar-refractivity contribution in [2.24, 2.45) is 0 Å². The minimum atomic E-state index is -0.128. The third kappa shape index (κ3) is 1.42. The SMILES string of the molecule is COc1nc(N)c2c(c1C#N)NC(=O)CC2. The molecule has 82 valence electrons. The van der Waals surface area contributed by atoms with E-state index >= 15 is 0 Å². The van der Waals surface area contributed by atoms with Crippen molar-refractivity contribution in [1.82, 2.24) is 4.98 Å². The lowest BCUT2D eigenvalue weighted by atomic mass is 10.0. The van der Waals surface area contributed by atoms with Crippen molar-refractivity contribution in [3.63, 3.8) is 0 Å². The van der Waals surface area contributed by atoms with Crippen LogP contribution in [-0.2, 0) is 11.2 Å². The van der Waals surface area contributed by atoms with E-state index < -0.39 is 0 Å². The van der Waals surface area contributed by atoms with E-state index in [-0.39, 0.29) is 17.4 Å². The number of rotatable bonds is 1. The molecule has 16 heavy (non-hydrogen) atoms. The number of amides is 1. The van der Waals surface area contributed by atoms with Crippen LogP contribution in [0, 0.1) is 11.3 Å². The number of carbonyl (C=O) groups excluding carboxylic acids is 1. The van der Waals surface area contributed by atoms with Crippen molar-refractivity contribution in [2.75, 3.05) is 18.2 Å². The first-order chi connectivity index (χ1) is 7.67. The van der Waals surface area contributed by atoms with Gasteiger partial charge in [-0.05, 0) is 6.42 Å². The van der Waals surface area contributed by atoms with E-state index in [9.17, 15) is 4.79 Å². The fourth-order valence-corrected chi connectivity index (χ4v) is 1.70. The smallest absolute Gasteiger partial charge is 0.235 e. The Kier molecular flexibility index (Phi) is 2.37. The number of hydrogen-bond acceptors (Lipinski definition) is 5. The quantitative estimate of drug-likeness (QED) is 0.711. The van der Waals surface area contributed by atoms with E-state index in [2.05, 4.69) is 10.3 Å². The lowest BCUT2D eigenvalue weighted by Crippen LogP contribution is -2.22. The van der Waals surface area contributed by atoms with Gasteiger partial charge in [0.2, 0.25) is 11.8 Å². The summed E-state index contributed by atoms with van der Waals surface area (Å²) in [5.74, 6) is 0.309. The average molecular weight is 218 g/mol. The summed E-state index contributed by atoms with van der Waals surface area (Å²) in [7, 11) is 1.40. The molecule has 0 aliphatic carbocycles. The Morgan fingerprint density at radius 1 is 1.56 bits per heavy atom. The minimum absolute atomic E-state index is 0.128. The van der Waals surface area contributed by atoms with E-state index in [4.69, 9.17) is 15.7 Å². The van der Waals surface area contributed by atoms with Gasteiger partial charge in [-0.3, -0.25) is 4.79 Å². The molecule has 1 amide bonds. The molecular weight excluding hydrogens is 208 g/mol. The van der Waals surface area contributed by atoms with Gasteiger partial charge in [0.15, 0.2) is 0 Å². The van der Waals surface area contributed by atoms with Crippen molar-refractivity contribution in [3.8, 4) is 11.9 Å². The van der Waals surface area contributed by atoms with Crippen molar-refractivity contribution in [2.45, 2.75) is 12.8 Å². The first kappa shape index (κ1) is 10.2. The zero-order valence-corrected chi connectivity index (χ0v) is 8.70. The Morgan fingerprint density at radius 3 is 2.94 bits per heavy atom. The van der Waals surface area contributed by atoms with E-state index in [1.807, 2.05) is 6.07 Å². The van der Waals surface area contributed by atoms with Crippen LogP contribution in [0.4, 0.5) is 11.5 Å². The highest BCUT2D eigenvalue weighted by Gasteiger charge is 2.24. The Balaban J connectivity index is 2.68. The van der Waals surface area contributed by atoms with Crippen molar-refractivity contribution in [3.05, 3.63) is 11.1 Å². The highest BCUT2D eigenvalue weighted by atomic mass is 16.5. The van der Waals surface area contributed by atoms with E-state index in [0.29, 0.717) is 29.9 Å². The molecule has 2 rings (SSSR count). The molecular formula is C10H10N4O2. The number of nitrogen functional groups attached to an aromatic ring is 1. The van der Waals surface area contributed by atoms with Crippen LogP contribution in [0.25, 0.3) is 0 Å². The number of carbonyl (C=O) groups is 1. The predicted octanol–water partition coefficient (Wildman–Crippen LogP) is 0.429. The maximum atomic E-state index is 11.3. The van der Waals surface area contributed by atoms with E-state index in [1.54, 1.807) is 0 Å². The number of pyridine rings is 1. The molecule has 0 atom stereocenters. The lowest BCUT2D eigenvalue weighted by Gasteiger charge is -2.20. The topological polar surface area (TPSA) is 101 Å². The number of aromatic nitrogens is 1. The number of nitrogens with two attached hydrogens (primary N) is 1. The zero-order valence-electron chi connectivity index (χ0n) is 8.70. The van der Waals surface area contributed by atoms with Crippen LogP contribution >= 0.6 is 0 Å². The lowest BCUT2D eigenvalue weighted by molar-refractivity contribution is -0.116. The molecule has 1 aliphatic heterocycles. The standard InChI is InChI=1S/C10H10N4O2/c1-16-10-6(4-11)8-5(9(12)14-10)2-3-7(15)13-8/h2-3H2,1H3,(H2,12,14)(H,13,15). The first-order valence-corrected chi connectivity index (χ1v) is 4.73. The second-order valence-electron chi connectivity index (χ2n) is 3.39. The summed E-state index contributed by atoms with van der Waals surface area (Å²) in [6.07, 6.45) is 0.856. The summed E-state index contributed by atoms with van der Waals surface area (Å²) in [6, 6.07) is 1.96. The van der Waals surface area contributed by atoms with Gasteiger partial charge in [-0.15, -0.1) is 0 Å². The molecule has 0 unspecified atom stereocenters. The van der Waals surface area contributed by atoms with Crippen molar-refractivity contribution >= 4 is 17.4 Å². The van der Waals surface area contributed by atoms with Gasteiger partial charge in [0.1, 0.15) is 17.5 Å². The number of fused-ring (bicyclic) bond motifs is 1. The molecule has 6 heteroatoms. The van der Waals surface area contributed by atoms with Crippen LogP contribution in [0.15, 0.2) is 0 Å². The largest absolute Gasteiger partial charge is 0.480 e. The van der Waals surface area contributed by atoms with Gasteiger partial charge in [0, 0.05) is 12.0 Å². The molecule has 6 nitrogen and oxygen atoms in total. The second-order valence-corrected chi connectivity index (χ2v) is 3.39. The maximum Gasteiger partial charge on any atom is 0.235 e. The van der Waals surface area contributed by atoms with Crippen LogP contribution < -0.4 is 15.8 Å². The maximum absolute atomic E-state index is 11.3. The highest BCUT2D eigenvalue weighted by molar-refractivity contribution is 5.97. The Hall–Kier alpha value is -2.29. The van der Waals surface area contributed by atoms with Gasteiger partial charge in [-0.25, -0.2) is 0 Å². The normalized spacial score (nSPS) is 13.6. The summed E-state index contributed by atoms with van der Waals surface area (Å²) in [4.78, 5) is 15.3. The number of anilines is 2. The summed E-state index contributed by atoms with van der Waals surface area (Å²) in [5.41, 5.74) is 7.10. The second kappa shape index (κ2) is 3.70. The number of nitrogens with zero attached hydrogens (tertiary/aromatic N) is 2. The molecule has 0 saturated heterocycles. The summed E-state index contributed by atoms with van der Waals surface area (Å²) in [5, 5.41) is 11.7. The van der Waals surface area contributed by atoms with Crippen LogP contribution in [0.1, 0.15) is 17.5 Å². The predicted molar refractivity (Wildman–Crippen MR) is 56.9 cm³/mol. The Labute approximate surface area is 92.0 Å². The zero-order chi connectivity index (χ0) is 11.7. The van der Waals surface area contributed by atoms with E-state index in [1.165, 1.54) is 7.11 Å². The molecule has 0 saturated carbocycles. The fraction of sp³-hybridized carbons (Fsp3) is 0.300. The fourth-order valence-electron chi connectivity index (χ4n) is 1.70. The van der Waals surface area contributed by atoms with Crippen LogP contribution in [0.2, 0.25) is 0 Å². The number of ether oxygens (including phenoxy) is 1. The minimum Gasteiger partial charge on any atom is -0.480 e. The summed E-state index contributed by atoms with van der Waals surface area (Å²) < 4.78 is 4.95. The number of nitrogens with one attached hydrogen (secondary N) is 1. The number of methoxy groups -OCH3 is 1. The molecule has 0 aromatic carbocycles.